The van der Waals surface area contributed by atoms with E-state index in [4.69, 9.17) is 5.41 Å². The normalized spacial score (nSPS) is 13.5. The molecule has 3 heterocycles. The van der Waals surface area contributed by atoms with Crippen LogP contribution in [-0.2, 0) is 12.8 Å². The standard InChI is InChI=1S/C14H11BrN4OS2/c15-7-4-10(21-5-7)13(20)18-19-6-17-14-11(12(19)16)8-2-1-3-9(8)22-14/h4-6,16H,1-3H2,(H,18,20). The minimum atomic E-state index is -0.234. The molecule has 22 heavy (non-hydrogen) atoms. The first kappa shape index (κ1) is 14.1. The number of carbonyl (C=O) groups is 1. The highest BCUT2D eigenvalue weighted by atomic mass is 79.9. The van der Waals surface area contributed by atoms with Gasteiger partial charge in [-0.25, -0.2) is 9.66 Å². The van der Waals surface area contributed by atoms with Crippen molar-refractivity contribution in [2.45, 2.75) is 19.3 Å². The predicted octanol–water partition coefficient (Wildman–Crippen LogP) is 3.27. The van der Waals surface area contributed by atoms with Gasteiger partial charge in [-0.15, -0.1) is 22.7 Å². The van der Waals surface area contributed by atoms with Crippen LogP contribution in [0, 0.1) is 5.41 Å². The lowest BCUT2D eigenvalue weighted by atomic mass is 10.2. The fourth-order valence-corrected chi connectivity index (χ4v) is 5.24. The van der Waals surface area contributed by atoms with Crippen molar-refractivity contribution < 1.29 is 4.79 Å². The van der Waals surface area contributed by atoms with Gasteiger partial charge in [-0.2, -0.15) is 0 Å². The lowest BCUT2D eigenvalue weighted by Gasteiger charge is -2.08. The average Bonchev–Trinajstić information content (AvgIpc) is 3.16. The zero-order valence-corrected chi connectivity index (χ0v) is 14.6. The first-order valence-corrected chi connectivity index (χ1v) is 9.24. The van der Waals surface area contributed by atoms with E-state index in [0.29, 0.717) is 10.4 Å². The fourth-order valence-electron chi connectivity index (χ4n) is 2.69. The molecule has 0 aliphatic heterocycles. The Morgan fingerprint density at radius 1 is 1.45 bits per heavy atom. The Balaban J connectivity index is 1.75. The number of aryl methyl sites for hydroxylation is 2. The molecule has 1 amide bonds. The molecule has 0 atom stereocenters. The van der Waals surface area contributed by atoms with Crippen LogP contribution in [0.2, 0.25) is 0 Å². The van der Waals surface area contributed by atoms with E-state index in [1.807, 2.05) is 5.38 Å². The van der Waals surface area contributed by atoms with Crippen LogP contribution in [-0.4, -0.2) is 15.6 Å². The molecule has 2 N–H and O–H groups in total. The van der Waals surface area contributed by atoms with Crippen LogP contribution in [0.3, 0.4) is 0 Å². The van der Waals surface area contributed by atoms with E-state index in [1.165, 1.54) is 32.8 Å². The summed E-state index contributed by atoms with van der Waals surface area (Å²) in [6.45, 7) is 0. The topological polar surface area (TPSA) is 70.8 Å². The maximum atomic E-state index is 12.2. The summed E-state index contributed by atoms with van der Waals surface area (Å²) in [5.74, 6) is -0.234. The molecule has 0 saturated carbocycles. The lowest BCUT2D eigenvalue weighted by molar-refractivity contribution is 0.101. The van der Waals surface area contributed by atoms with Gasteiger partial charge in [0.1, 0.15) is 11.2 Å². The Morgan fingerprint density at radius 3 is 3.09 bits per heavy atom. The molecule has 4 rings (SSSR count). The van der Waals surface area contributed by atoms with Gasteiger partial charge in [-0.05, 0) is 46.8 Å². The van der Waals surface area contributed by atoms with Crippen molar-refractivity contribution in [1.82, 2.24) is 9.66 Å². The number of fused-ring (bicyclic) bond motifs is 3. The van der Waals surface area contributed by atoms with Crippen molar-refractivity contribution >= 4 is 54.7 Å². The van der Waals surface area contributed by atoms with Crippen molar-refractivity contribution in [3.8, 4) is 0 Å². The number of nitrogens with zero attached hydrogens (tertiary/aromatic N) is 2. The third kappa shape index (κ3) is 2.22. The molecule has 0 fully saturated rings. The van der Waals surface area contributed by atoms with Gasteiger partial charge >= 0.3 is 0 Å². The fraction of sp³-hybridized carbons (Fsp3) is 0.214. The van der Waals surface area contributed by atoms with Crippen LogP contribution in [0.4, 0.5) is 0 Å². The summed E-state index contributed by atoms with van der Waals surface area (Å²) in [6, 6.07) is 1.76. The van der Waals surface area contributed by atoms with Crippen LogP contribution in [0.1, 0.15) is 26.5 Å². The Morgan fingerprint density at radius 2 is 2.32 bits per heavy atom. The summed E-state index contributed by atoms with van der Waals surface area (Å²) in [5, 5.41) is 11.1. The van der Waals surface area contributed by atoms with Crippen molar-refractivity contribution in [1.29, 1.82) is 5.41 Å². The van der Waals surface area contributed by atoms with E-state index in [-0.39, 0.29) is 5.91 Å². The van der Waals surface area contributed by atoms with Crippen molar-refractivity contribution in [2.24, 2.45) is 0 Å². The highest BCUT2D eigenvalue weighted by Gasteiger charge is 2.20. The Labute approximate surface area is 142 Å². The molecule has 1 aliphatic carbocycles. The summed E-state index contributed by atoms with van der Waals surface area (Å²) in [7, 11) is 0. The smallest absolute Gasteiger partial charge is 0.280 e. The van der Waals surface area contributed by atoms with Crippen LogP contribution in [0.5, 0.6) is 0 Å². The Kier molecular flexibility index (Phi) is 3.39. The first-order chi connectivity index (χ1) is 10.6. The molecule has 3 aromatic rings. The number of halogens is 1. The average molecular weight is 395 g/mol. The van der Waals surface area contributed by atoms with E-state index in [9.17, 15) is 4.79 Å². The number of thiophene rings is 2. The van der Waals surface area contributed by atoms with Crippen molar-refractivity contribution in [2.75, 3.05) is 5.43 Å². The predicted molar refractivity (Wildman–Crippen MR) is 91.2 cm³/mol. The van der Waals surface area contributed by atoms with Gasteiger partial charge in [0.05, 0.1) is 10.3 Å². The first-order valence-electron chi connectivity index (χ1n) is 6.75. The molecule has 3 aromatic heterocycles. The zero-order valence-electron chi connectivity index (χ0n) is 11.4. The quantitative estimate of drug-likeness (QED) is 0.699. The van der Waals surface area contributed by atoms with Gasteiger partial charge in [-0.3, -0.25) is 15.6 Å². The summed E-state index contributed by atoms with van der Waals surface area (Å²) < 4.78 is 2.28. The molecule has 0 aromatic carbocycles. The van der Waals surface area contributed by atoms with Gasteiger partial charge in [0.25, 0.3) is 5.91 Å². The molecule has 0 bridgehead atoms. The molecule has 8 heteroatoms. The maximum Gasteiger partial charge on any atom is 0.280 e. The highest BCUT2D eigenvalue weighted by molar-refractivity contribution is 9.10. The largest absolute Gasteiger partial charge is 0.282 e. The number of hydrogen-bond acceptors (Lipinski definition) is 5. The van der Waals surface area contributed by atoms with Crippen LogP contribution < -0.4 is 10.9 Å². The number of amides is 1. The molecule has 0 spiro atoms. The van der Waals surface area contributed by atoms with Crippen molar-refractivity contribution in [3.63, 3.8) is 0 Å². The van der Waals surface area contributed by atoms with Gasteiger partial charge < -0.3 is 0 Å². The van der Waals surface area contributed by atoms with Crippen LogP contribution in [0.15, 0.2) is 22.2 Å². The van der Waals surface area contributed by atoms with Gasteiger partial charge in [0.2, 0.25) is 0 Å². The van der Waals surface area contributed by atoms with E-state index in [0.717, 1.165) is 34.0 Å². The van der Waals surface area contributed by atoms with E-state index in [1.54, 1.807) is 17.4 Å². The minimum absolute atomic E-state index is 0.234. The second-order valence-corrected chi connectivity index (χ2v) is 7.98. The molecule has 5 nitrogen and oxygen atoms in total. The van der Waals surface area contributed by atoms with Crippen LogP contribution in [0.25, 0.3) is 10.2 Å². The number of aromatic nitrogens is 2. The molecular weight excluding hydrogens is 384 g/mol. The second-order valence-electron chi connectivity index (χ2n) is 5.07. The second kappa shape index (κ2) is 5.29. The Bertz CT molecular complexity index is 956. The summed E-state index contributed by atoms with van der Waals surface area (Å²) >= 11 is 6.36. The summed E-state index contributed by atoms with van der Waals surface area (Å²) in [6.07, 6.45) is 4.72. The number of nitrogens with one attached hydrogen (secondary N) is 2. The van der Waals surface area contributed by atoms with E-state index in [2.05, 4.69) is 26.3 Å². The number of hydrogen-bond donors (Lipinski definition) is 2. The summed E-state index contributed by atoms with van der Waals surface area (Å²) in [4.78, 5) is 19.5. The molecule has 0 saturated heterocycles. The Hall–Kier alpha value is -1.51. The van der Waals surface area contributed by atoms with Gasteiger partial charge in [-0.1, -0.05) is 0 Å². The molecular formula is C14H11BrN4OS2. The molecule has 1 aliphatic rings. The van der Waals surface area contributed by atoms with Crippen molar-refractivity contribution in [3.05, 3.63) is 43.1 Å². The molecule has 0 unspecified atom stereocenters. The van der Waals surface area contributed by atoms with Gasteiger partial charge in [0, 0.05) is 14.7 Å². The summed E-state index contributed by atoms with van der Waals surface area (Å²) in [5.41, 5.74) is 4.27. The van der Waals surface area contributed by atoms with Crippen LogP contribution >= 0.6 is 38.6 Å². The molecule has 0 radical (unpaired) electrons. The zero-order chi connectivity index (χ0) is 15.3. The lowest BCUT2D eigenvalue weighted by Crippen LogP contribution is -2.33. The third-order valence-corrected chi connectivity index (χ3v) is 6.57. The van der Waals surface area contributed by atoms with E-state index >= 15 is 0 Å². The monoisotopic (exact) mass is 394 g/mol. The molecule has 112 valence electrons. The number of rotatable bonds is 2. The van der Waals surface area contributed by atoms with Gasteiger partial charge in [0.15, 0.2) is 5.49 Å². The maximum absolute atomic E-state index is 12.2. The highest BCUT2D eigenvalue weighted by Crippen LogP contribution is 2.34. The number of carbonyl (C=O) groups excluding carboxylic acids is 1. The minimum Gasteiger partial charge on any atom is -0.282 e. The van der Waals surface area contributed by atoms with E-state index < -0.39 is 0 Å². The SMILES string of the molecule is N=c1c2c3c(sc2ncn1NC(=O)c1cc(Br)cs1)CCC3. The third-order valence-electron chi connectivity index (χ3n) is 3.68.